The molecule has 2 heterocycles. The van der Waals surface area contributed by atoms with Crippen LogP contribution >= 0.6 is 11.8 Å². The lowest BCUT2D eigenvalue weighted by Gasteiger charge is -2.26. The highest BCUT2D eigenvalue weighted by atomic mass is 32.2. The lowest BCUT2D eigenvalue weighted by Crippen LogP contribution is -2.35. The molecule has 1 saturated heterocycles. The minimum Gasteiger partial charge on any atom is -0.286 e. The van der Waals surface area contributed by atoms with Crippen molar-refractivity contribution in [3.05, 3.63) is 65.2 Å². The van der Waals surface area contributed by atoms with Crippen molar-refractivity contribution in [1.82, 2.24) is 9.21 Å². The summed E-state index contributed by atoms with van der Waals surface area (Å²) in [6.45, 7) is 4.32. The van der Waals surface area contributed by atoms with Gasteiger partial charge in [-0.15, -0.1) is 0 Å². The van der Waals surface area contributed by atoms with E-state index in [9.17, 15) is 13.2 Å². The van der Waals surface area contributed by atoms with Crippen LogP contribution in [-0.2, 0) is 15.8 Å². The Bertz CT molecular complexity index is 1080. The van der Waals surface area contributed by atoms with Crippen LogP contribution in [0.5, 0.6) is 0 Å². The molecule has 0 atom stereocenters. The highest BCUT2D eigenvalue weighted by molar-refractivity contribution is 8.13. The Kier molecular flexibility index (Phi) is 6.79. The first kappa shape index (κ1) is 22.0. The van der Waals surface area contributed by atoms with E-state index < -0.39 is 10.0 Å². The summed E-state index contributed by atoms with van der Waals surface area (Å²) < 4.78 is 27.2. The maximum absolute atomic E-state index is 13.1. The average Bonchev–Trinajstić information content (AvgIpc) is 3.26. The molecular formula is C23H27N3O3S2. The summed E-state index contributed by atoms with van der Waals surface area (Å²) in [5.41, 5.74) is 2.88. The minimum absolute atomic E-state index is 0.144. The van der Waals surface area contributed by atoms with E-state index in [1.165, 1.54) is 11.1 Å². The van der Waals surface area contributed by atoms with Gasteiger partial charge in [-0.2, -0.15) is 4.31 Å². The molecule has 2 aromatic rings. The molecular weight excluding hydrogens is 430 g/mol. The first-order chi connectivity index (χ1) is 14.9. The molecule has 0 N–H and O–H groups in total. The van der Waals surface area contributed by atoms with Crippen molar-refractivity contribution >= 4 is 32.9 Å². The highest BCUT2D eigenvalue weighted by Crippen LogP contribution is 2.24. The van der Waals surface area contributed by atoms with Crippen LogP contribution in [0.4, 0.5) is 0 Å². The van der Waals surface area contributed by atoms with E-state index in [0.717, 1.165) is 30.2 Å². The van der Waals surface area contributed by atoms with Gasteiger partial charge in [-0.1, -0.05) is 48.0 Å². The average molecular weight is 458 g/mol. The first-order valence-corrected chi connectivity index (χ1v) is 13.0. The van der Waals surface area contributed by atoms with Crippen molar-refractivity contribution in [2.75, 3.05) is 26.2 Å². The predicted molar refractivity (Wildman–Crippen MR) is 125 cm³/mol. The molecule has 2 aliphatic rings. The molecule has 4 rings (SSSR count). The maximum Gasteiger partial charge on any atom is 0.259 e. The Morgan fingerprint density at radius 3 is 2.48 bits per heavy atom. The number of carbonyl (C=O) groups excluding carboxylic acids is 1. The number of benzene rings is 2. The van der Waals surface area contributed by atoms with Gasteiger partial charge in [0.2, 0.25) is 10.0 Å². The molecule has 2 aliphatic heterocycles. The number of nitrogens with zero attached hydrogens (tertiary/aromatic N) is 3. The molecule has 0 aliphatic carbocycles. The molecule has 0 radical (unpaired) electrons. The number of sulfonamides is 1. The molecule has 164 valence electrons. The van der Waals surface area contributed by atoms with E-state index in [0.29, 0.717) is 31.7 Å². The number of piperidine rings is 1. The van der Waals surface area contributed by atoms with Gasteiger partial charge in [0.05, 0.1) is 11.4 Å². The van der Waals surface area contributed by atoms with Crippen LogP contribution in [-0.4, -0.2) is 54.9 Å². The van der Waals surface area contributed by atoms with E-state index in [-0.39, 0.29) is 10.8 Å². The van der Waals surface area contributed by atoms with Gasteiger partial charge in [0.15, 0.2) is 5.17 Å². The van der Waals surface area contributed by atoms with E-state index in [2.05, 4.69) is 30.1 Å². The summed E-state index contributed by atoms with van der Waals surface area (Å²) >= 11 is 1.56. The van der Waals surface area contributed by atoms with Crippen LogP contribution in [0.3, 0.4) is 0 Å². The molecule has 0 bridgehead atoms. The lowest BCUT2D eigenvalue weighted by atomic mass is 10.2. The number of aryl methyl sites for hydroxylation is 1. The van der Waals surface area contributed by atoms with E-state index in [1.807, 2.05) is 6.07 Å². The number of carbonyl (C=O) groups is 1. The standard InChI is InChI=1S/C23H27N3O3S2/c1-18-6-5-7-19(16-18)17-30-23-24-12-15-26(23)22(27)20-8-10-21(11-9-20)31(28,29)25-13-3-2-4-14-25/h5-11,16H,2-4,12-15,17H2,1H3. The Hall–Kier alpha value is -2.16. The van der Waals surface area contributed by atoms with Crippen LogP contribution in [0.1, 0.15) is 40.7 Å². The van der Waals surface area contributed by atoms with Crippen molar-refractivity contribution in [2.45, 2.75) is 36.8 Å². The summed E-state index contributed by atoms with van der Waals surface area (Å²) in [4.78, 5) is 19.5. The fraction of sp³-hybridized carbons (Fsp3) is 0.391. The summed E-state index contributed by atoms with van der Waals surface area (Å²) in [6, 6.07) is 14.6. The topological polar surface area (TPSA) is 70.0 Å². The van der Waals surface area contributed by atoms with Crippen molar-refractivity contribution < 1.29 is 13.2 Å². The number of thioether (sulfide) groups is 1. The number of amides is 1. The molecule has 6 nitrogen and oxygen atoms in total. The second-order valence-electron chi connectivity index (χ2n) is 7.89. The molecule has 2 aromatic carbocycles. The van der Waals surface area contributed by atoms with Crippen molar-refractivity contribution in [1.29, 1.82) is 0 Å². The van der Waals surface area contributed by atoms with Crippen molar-refractivity contribution in [3.63, 3.8) is 0 Å². The summed E-state index contributed by atoms with van der Waals surface area (Å²) in [7, 11) is -3.50. The first-order valence-electron chi connectivity index (χ1n) is 10.6. The van der Waals surface area contributed by atoms with Gasteiger partial charge in [-0.25, -0.2) is 8.42 Å². The molecule has 0 spiro atoms. The molecule has 1 amide bonds. The van der Waals surface area contributed by atoms with Gasteiger partial charge in [-0.3, -0.25) is 14.7 Å². The Balaban J connectivity index is 1.43. The normalized spacial score (nSPS) is 17.6. The smallest absolute Gasteiger partial charge is 0.259 e. The Labute approximate surface area is 188 Å². The van der Waals surface area contributed by atoms with Crippen LogP contribution in [0.2, 0.25) is 0 Å². The Morgan fingerprint density at radius 2 is 1.77 bits per heavy atom. The maximum atomic E-state index is 13.1. The zero-order valence-electron chi connectivity index (χ0n) is 17.7. The Morgan fingerprint density at radius 1 is 1.03 bits per heavy atom. The van der Waals surface area contributed by atoms with E-state index >= 15 is 0 Å². The monoisotopic (exact) mass is 457 g/mol. The SMILES string of the molecule is Cc1cccc(CSC2=NCCN2C(=O)c2ccc(S(=O)(=O)N3CCCCC3)cc2)c1. The highest BCUT2D eigenvalue weighted by Gasteiger charge is 2.28. The minimum atomic E-state index is -3.50. The van der Waals surface area contributed by atoms with Crippen LogP contribution in [0.15, 0.2) is 58.4 Å². The second-order valence-corrected chi connectivity index (χ2v) is 10.8. The van der Waals surface area contributed by atoms with Gasteiger partial charge >= 0.3 is 0 Å². The predicted octanol–water partition coefficient (Wildman–Crippen LogP) is 3.91. The second kappa shape index (κ2) is 9.54. The van der Waals surface area contributed by atoms with Crippen LogP contribution < -0.4 is 0 Å². The number of hydrogen-bond acceptors (Lipinski definition) is 5. The fourth-order valence-electron chi connectivity index (χ4n) is 3.87. The number of aliphatic imine (C=N–C) groups is 1. The fourth-order valence-corrected chi connectivity index (χ4v) is 6.37. The van der Waals surface area contributed by atoms with Gasteiger partial charge in [-0.05, 0) is 49.6 Å². The largest absolute Gasteiger partial charge is 0.286 e. The van der Waals surface area contributed by atoms with Gasteiger partial charge in [0, 0.05) is 31.0 Å². The number of rotatable bonds is 5. The third-order valence-electron chi connectivity index (χ3n) is 5.55. The number of hydrogen-bond donors (Lipinski definition) is 0. The summed E-state index contributed by atoms with van der Waals surface area (Å²) in [5, 5.41) is 0.719. The third-order valence-corrected chi connectivity index (χ3v) is 8.55. The number of amidine groups is 1. The molecule has 8 heteroatoms. The van der Waals surface area contributed by atoms with Gasteiger partial charge in [0.25, 0.3) is 5.91 Å². The van der Waals surface area contributed by atoms with Gasteiger partial charge in [0.1, 0.15) is 0 Å². The van der Waals surface area contributed by atoms with Crippen molar-refractivity contribution in [3.8, 4) is 0 Å². The quantitative estimate of drug-likeness (QED) is 0.683. The van der Waals surface area contributed by atoms with Crippen LogP contribution in [0.25, 0.3) is 0 Å². The molecule has 31 heavy (non-hydrogen) atoms. The molecule has 1 fully saturated rings. The van der Waals surface area contributed by atoms with Crippen LogP contribution in [0, 0.1) is 6.92 Å². The van der Waals surface area contributed by atoms with E-state index in [1.54, 1.807) is 45.2 Å². The molecule has 0 saturated carbocycles. The molecule has 0 aromatic heterocycles. The third kappa shape index (κ3) is 5.02. The van der Waals surface area contributed by atoms with Gasteiger partial charge < -0.3 is 0 Å². The lowest BCUT2D eigenvalue weighted by molar-refractivity contribution is 0.0860. The molecule has 0 unspecified atom stereocenters. The summed E-state index contributed by atoms with van der Waals surface area (Å²) in [6.07, 6.45) is 2.86. The van der Waals surface area contributed by atoms with Crippen molar-refractivity contribution in [2.24, 2.45) is 4.99 Å². The zero-order chi connectivity index (χ0) is 21.8. The summed E-state index contributed by atoms with van der Waals surface area (Å²) in [5.74, 6) is 0.604. The zero-order valence-corrected chi connectivity index (χ0v) is 19.3. The van der Waals surface area contributed by atoms with E-state index in [4.69, 9.17) is 0 Å².